The van der Waals surface area contributed by atoms with E-state index in [4.69, 9.17) is 4.98 Å². The maximum Gasteiger partial charge on any atom is 0.0714 e. The summed E-state index contributed by atoms with van der Waals surface area (Å²) in [6, 6.07) is 57.8. The van der Waals surface area contributed by atoms with E-state index in [0.29, 0.717) is 0 Å². The summed E-state index contributed by atoms with van der Waals surface area (Å²) in [7, 11) is 0. The SMILES string of the molecule is c1ccc(-c2c3ccccc3c(-c3cccc4c(-c5ccc6ccc7cccc8ccc5c6c78)cccc34)c3ccccc23)nc1. The predicted molar refractivity (Wildman–Crippen MR) is 197 cm³/mol. The molecule has 0 amide bonds. The highest BCUT2D eigenvalue weighted by molar-refractivity contribution is 6.27. The fourth-order valence-corrected chi connectivity index (χ4v) is 7.94. The molecule has 1 nitrogen and oxygen atoms in total. The summed E-state index contributed by atoms with van der Waals surface area (Å²) in [6.07, 6.45) is 1.89. The molecule has 0 N–H and O–H groups in total. The Kier molecular flexibility index (Phi) is 5.35. The van der Waals surface area contributed by atoms with E-state index in [0.717, 1.165) is 5.69 Å². The first-order valence-corrected chi connectivity index (χ1v) is 15.9. The van der Waals surface area contributed by atoms with E-state index in [-0.39, 0.29) is 0 Å². The first kappa shape index (κ1) is 25.3. The summed E-state index contributed by atoms with van der Waals surface area (Å²) < 4.78 is 0. The summed E-state index contributed by atoms with van der Waals surface area (Å²) >= 11 is 0. The molecule has 0 spiro atoms. The number of nitrogens with zero attached hydrogens (tertiary/aromatic N) is 1. The summed E-state index contributed by atoms with van der Waals surface area (Å²) in [5.74, 6) is 0. The van der Waals surface area contributed by atoms with Crippen molar-refractivity contribution in [1.82, 2.24) is 4.98 Å². The first-order valence-electron chi connectivity index (χ1n) is 15.9. The average molecular weight is 582 g/mol. The second-order valence-corrected chi connectivity index (χ2v) is 12.2. The van der Waals surface area contributed by atoms with Crippen LogP contribution in [0, 0.1) is 0 Å². The smallest absolute Gasteiger partial charge is 0.0714 e. The average Bonchev–Trinajstić information content (AvgIpc) is 3.13. The molecule has 0 fully saturated rings. The molecule has 0 aliphatic carbocycles. The topological polar surface area (TPSA) is 12.9 Å². The Morgan fingerprint density at radius 3 is 1.46 bits per heavy atom. The lowest BCUT2D eigenvalue weighted by Gasteiger charge is -2.19. The highest BCUT2D eigenvalue weighted by atomic mass is 14.7. The van der Waals surface area contributed by atoms with Crippen molar-refractivity contribution in [3.63, 3.8) is 0 Å². The largest absolute Gasteiger partial charge is 0.256 e. The quantitative estimate of drug-likeness (QED) is 0.149. The van der Waals surface area contributed by atoms with Gasteiger partial charge in [-0.25, -0.2) is 0 Å². The van der Waals surface area contributed by atoms with Crippen molar-refractivity contribution in [2.75, 3.05) is 0 Å². The van der Waals surface area contributed by atoms with E-state index in [2.05, 4.69) is 152 Å². The van der Waals surface area contributed by atoms with E-state index in [1.165, 1.54) is 92.5 Å². The molecule has 1 aromatic heterocycles. The molecule has 0 bridgehead atoms. The zero-order valence-corrected chi connectivity index (χ0v) is 25.0. The Labute approximate surface area is 266 Å². The maximum atomic E-state index is 4.80. The van der Waals surface area contributed by atoms with E-state index < -0.39 is 0 Å². The van der Waals surface area contributed by atoms with Crippen molar-refractivity contribution in [1.29, 1.82) is 0 Å². The Balaban J connectivity index is 1.29. The van der Waals surface area contributed by atoms with Crippen molar-refractivity contribution in [2.45, 2.75) is 0 Å². The zero-order valence-electron chi connectivity index (χ0n) is 25.0. The Morgan fingerprint density at radius 1 is 0.283 bits per heavy atom. The fourth-order valence-electron chi connectivity index (χ4n) is 7.94. The minimum atomic E-state index is 0.996. The third-order valence-corrected chi connectivity index (χ3v) is 9.86. The Hall–Kier alpha value is -6.05. The van der Waals surface area contributed by atoms with Gasteiger partial charge < -0.3 is 0 Å². The lowest BCUT2D eigenvalue weighted by atomic mass is 9.84. The molecular weight excluding hydrogens is 555 g/mol. The van der Waals surface area contributed by atoms with Gasteiger partial charge in [-0.1, -0.05) is 146 Å². The monoisotopic (exact) mass is 581 g/mol. The second kappa shape index (κ2) is 9.72. The van der Waals surface area contributed by atoms with Gasteiger partial charge in [0.2, 0.25) is 0 Å². The van der Waals surface area contributed by atoms with Gasteiger partial charge in [0.1, 0.15) is 0 Å². The summed E-state index contributed by atoms with van der Waals surface area (Å²) in [5, 5.41) is 15.3. The zero-order chi connectivity index (χ0) is 30.2. The minimum absolute atomic E-state index is 0.996. The molecule has 212 valence electrons. The van der Waals surface area contributed by atoms with Crippen molar-refractivity contribution < 1.29 is 0 Å². The van der Waals surface area contributed by atoms with Gasteiger partial charge in [-0.15, -0.1) is 0 Å². The number of fused-ring (bicyclic) bond motifs is 3. The molecule has 10 rings (SSSR count). The molecule has 1 heterocycles. The Bertz CT molecular complexity index is 2720. The van der Waals surface area contributed by atoms with Crippen LogP contribution in [-0.2, 0) is 0 Å². The molecule has 0 saturated heterocycles. The van der Waals surface area contributed by atoms with Crippen LogP contribution in [-0.4, -0.2) is 4.98 Å². The standard InChI is InChI=1S/C45H27N/c1-3-14-38-36(12-1)44(37-13-2-4-15-39(37)45(38)41-20-5-6-27-46-41)35-19-9-17-31-32(16-8-18-33(31)35)34-25-23-30-22-21-28-10-7-11-29-24-26-40(34)43(30)42(28)29/h1-27H. The van der Waals surface area contributed by atoms with Gasteiger partial charge in [-0.3, -0.25) is 4.98 Å². The van der Waals surface area contributed by atoms with Crippen LogP contribution in [0.25, 0.3) is 98.1 Å². The Morgan fingerprint density at radius 2 is 0.783 bits per heavy atom. The summed E-state index contributed by atoms with van der Waals surface area (Å²) in [4.78, 5) is 4.80. The van der Waals surface area contributed by atoms with Gasteiger partial charge in [-0.05, 0) is 99.0 Å². The van der Waals surface area contributed by atoms with Gasteiger partial charge in [0, 0.05) is 11.8 Å². The predicted octanol–water partition coefficient (Wildman–Crippen LogP) is 12.4. The summed E-state index contributed by atoms with van der Waals surface area (Å²) in [6.45, 7) is 0. The van der Waals surface area contributed by atoms with Crippen LogP contribution in [0.2, 0.25) is 0 Å². The van der Waals surface area contributed by atoms with Gasteiger partial charge in [-0.2, -0.15) is 0 Å². The fraction of sp³-hybridized carbons (Fsp3) is 0. The van der Waals surface area contributed by atoms with Crippen molar-refractivity contribution in [3.05, 3.63) is 164 Å². The van der Waals surface area contributed by atoms with Crippen LogP contribution in [0.1, 0.15) is 0 Å². The number of pyridine rings is 1. The highest BCUT2D eigenvalue weighted by Gasteiger charge is 2.19. The molecule has 1 heteroatoms. The normalized spacial score (nSPS) is 11.9. The van der Waals surface area contributed by atoms with E-state index in [1.807, 2.05) is 12.3 Å². The van der Waals surface area contributed by atoms with Gasteiger partial charge in [0.05, 0.1) is 5.69 Å². The highest BCUT2D eigenvalue weighted by Crippen LogP contribution is 2.47. The number of hydrogen-bond donors (Lipinski definition) is 0. The first-order chi connectivity index (χ1) is 22.8. The number of aromatic nitrogens is 1. The van der Waals surface area contributed by atoms with Gasteiger partial charge in [0.25, 0.3) is 0 Å². The van der Waals surface area contributed by atoms with Crippen molar-refractivity contribution in [3.8, 4) is 33.5 Å². The van der Waals surface area contributed by atoms with Crippen LogP contribution in [0.3, 0.4) is 0 Å². The molecule has 0 atom stereocenters. The van der Waals surface area contributed by atoms with Crippen LogP contribution in [0.4, 0.5) is 0 Å². The van der Waals surface area contributed by atoms with Gasteiger partial charge in [0.15, 0.2) is 0 Å². The van der Waals surface area contributed by atoms with E-state index in [9.17, 15) is 0 Å². The molecule has 0 saturated carbocycles. The third kappa shape index (κ3) is 3.54. The van der Waals surface area contributed by atoms with Gasteiger partial charge >= 0.3 is 0 Å². The third-order valence-electron chi connectivity index (χ3n) is 9.86. The molecule has 0 aliphatic rings. The van der Waals surface area contributed by atoms with E-state index in [1.54, 1.807) is 0 Å². The second-order valence-electron chi connectivity index (χ2n) is 12.2. The maximum absolute atomic E-state index is 4.80. The van der Waals surface area contributed by atoms with Crippen molar-refractivity contribution in [2.24, 2.45) is 0 Å². The molecule has 0 radical (unpaired) electrons. The molecule has 0 aliphatic heterocycles. The number of rotatable bonds is 3. The van der Waals surface area contributed by atoms with Crippen molar-refractivity contribution >= 4 is 64.6 Å². The molecule has 9 aromatic carbocycles. The summed E-state index contributed by atoms with van der Waals surface area (Å²) in [5.41, 5.74) is 7.23. The van der Waals surface area contributed by atoms with Crippen LogP contribution < -0.4 is 0 Å². The van der Waals surface area contributed by atoms with E-state index >= 15 is 0 Å². The minimum Gasteiger partial charge on any atom is -0.256 e. The molecular formula is C45H27N. The van der Waals surface area contributed by atoms with Crippen LogP contribution in [0.15, 0.2) is 164 Å². The van der Waals surface area contributed by atoms with Crippen LogP contribution in [0.5, 0.6) is 0 Å². The number of benzene rings is 9. The molecule has 0 unspecified atom stereocenters. The lowest BCUT2D eigenvalue weighted by molar-refractivity contribution is 1.34. The lowest BCUT2D eigenvalue weighted by Crippen LogP contribution is -1.93. The molecule has 10 aromatic rings. The van der Waals surface area contributed by atoms with Crippen LogP contribution >= 0.6 is 0 Å². The molecule has 46 heavy (non-hydrogen) atoms. The number of hydrogen-bond acceptors (Lipinski definition) is 1.